The van der Waals surface area contributed by atoms with Gasteiger partial charge in [0.25, 0.3) is 0 Å². The Morgan fingerprint density at radius 1 is 1.08 bits per heavy atom. The molecule has 0 bridgehead atoms. The fourth-order valence-corrected chi connectivity index (χ4v) is 3.35. The van der Waals surface area contributed by atoms with Crippen LogP contribution in [-0.2, 0) is 4.79 Å². The summed E-state index contributed by atoms with van der Waals surface area (Å²) in [5, 5.41) is 7.11. The lowest BCUT2D eigenvalue weighted by molar-refractivity contribution is -0.121. The zero-order valence-corrected chi connectivity index (χ0v) is 14.7. The number of carbonyl (C=O) groups is 2. The summed E-state index contributed by atoms with van der Waals surface area (Å²) in [7, 11) is 0. The molecule has 1 aromatic heterocycles. The van der Waals surface area contributed by atoms with E-state index in [1.165, 1.54) is 4.70 Å². The predicted octanol–water partition coefficient (Wildman–Crippen LogP) is 4.32. The summed E-state index contributed by atoms with van der Waals surface area (Å²) in [5.74, 6) is -0.306. The molecule has 0 aliphatic heterocycles. The summed E-state index contributed by atoms with van der Waals surface area (Å²) in [6.45, 7) is 1.97. The van der Waals surface area contributed by atoms with Crippen LogP contribution in [0.25, 0.3) is 10.1 Å². The molecule has 2 aromatic carbocycles. The molecule has 0 saturated heterocycles. The van der Waals surface area contributed by atoms with Gasteiger partial charge in [0, 0.05) is 39.4 Å². The maximum atomic E-state index is 12.1. The number of nitrogens with zero attached hydrogens (tertiary/aromatic N) is 1. The van der Waals surface area contributed by atoms with E-state index in [9.17, 15) is 9.59 Å². The topological polar surface area (TPSA) is 58.5 Å². The largest absolute Gasteiger partial charge is 0.294 e. The van der Waals surface area contributed by atoms with Crippen LogP contribution in [0.15, 0.2) is 59.0 Å². The number of nitrogens with one attached hydrogen (secondary N) is 1. The van der Waals surface area contributed by atoms with Crippen molar-refractivity contribution in [1.82, 2.24) is 5.43 Å². The second kappa shape index (κ2) is 7.85. The lowest BCUT2D eigenvalue weighted by Gasteiger charge is -2.01. The Kier molecular flexibility index (Phi) is 5.36. The summed E-state index contributed by atoms with van der Waals surface area (Å²) in [4.78, 5) is 23.9. The molecule has 126 valence electrons. The lowest BCUT2D eigenvalue weighted by atomic mass is 10.1. The first-order valence-corrected chi connectivity index (χ1v) is 8.89. The van der Waals surface area contributed by atoms with E-state index in [0.29, 0.717) is 5.56 Å². The SMILES string of the molecule is Cc1ccc(C(=O)CCC(=O)N/N=C/c2csc3ccccc23)cc1. The van der Waals surface area contributed by atoms with Gasteiger partial charge in [-0.15, -0.1) is 11.3 Å². The molecule has 0 atom stereocenters. The number of rotatable bonds is 6. The minimum Gasteiger partial charge on any atom is -0.294 e. The highest BCUT2D eigenvalue weighted by atomic mass is 32.1. The van der Waals surface area contributed by atoms with Gasteiger partial charge in [0.15, 0.2) is 5.78 Å². The van der Waals surface area contributed by atoms with Gasteiger partial charge in [-0.3, -0.25) is 9.59 Å². The minimum absolute atomic E-state index is 0.0389. The number of hydrogen-bond donors (Lipinski definition) is 1. The number of thiophene rings is 1. The van der Waals surface area contributed by atoms with Crippen LogP contribution >= 0.6 is 11.3 Å². The van der Waals surface area contributed by atoms with Crippen molar-refractivity contribution in [3.63, 3.8) is 0 Å². The number of amides is 1. The summed E-state index contributed by atoms with van der Waals surface area (Å²) in [6, 6.07) is 15.4. The first kappa shape index (κ1) is 17.0. The van der Waals surface area contributed by atoms with Crippen LogP contribution in [0.2, 0.25) is 0 Å². The Balaban J connectivity index is 1.51. The van der Waals surface area contributed by atoms with E-state index < -0.39 is 0 Å². The molecule has 0 unspecified atom stereocenters. The summed E-state index contributed by atoms with van der Waals surface area (Å²) >= 11 is 1.64. The number of fused-ring (bicyclic) bond motifs is 1. The van der Waals surface area contributed by atoms with Gasteiger partial charge in [0.05, 0.1) is 6.21 Å². The molecule has 1 amide bonds. The molecule has 1 N–H and O–H groups in total. The number of carbonyl (C=O) groups excluding carboxylic acids is 2. The van der Waals surface area contributed by atoms with Gasteiger partial charge in [0.2, 0.25) is 5.91 Å². The maximum absolute atomic E-state index is 12.1. The molecule has 0 aliphatic rings. The van der Waals surface area contributed by atoms with E-state index in [1.54, 1.807) is 29.7 Å². The molecule has 3 rings (SSSR count). The van der Waals surface area contributed by atoms with Crippen LogP contribution in [0.4, 0.5) is 0 Å². The third-order valence-electron chi connectivity index (χ3n) is 3.86. The van der Waals surface area contributed by atoms with Crippen LogP contribution in [0.5, 0.6) is 0 Å². The van der Waals surface area contributed by atoms with E-state index in [1.807, 2.05) is 48.7 Å². The highest BCUT2D eigenvalue weighted by molar-refractivity contribution is 7.17. The van der Waals surface area contributed by atoms with Gasteiger partial charge in [-0.1, -0.05) is 48.0 Å². The van der Waals surface area contributed by atoms with E-state index in [0.717, 1.165) is 16.5 Å². The van der Waals surface area contributed by atoms with Crippen molar-refractivity contribution in [2.45, 2.75) is 19.8 Å². The van der Waals surface area contributed by atoms with Crippen LogP contribution in [0.1, 0.15) is 34.3 Å². The molecule has 0 aliphatic carbocycles. The summed E-state index contributed by atoms with van der Waals surface area (Å²) < 4.78 is 1.18. The van der Waals surface area contributed by atoms with Crippen molar-refractivity contribution in [2.24, 2.45) is 5.10 Å². The normalized spacial score (nSPS) is 11.1. The number of benzene rings is 2. The molecule has 0 radical (unpaired) electrons. The van der Waals surface area contributed by atoms with E-state index >= 15 is 0 Å². The van der Waals surface area contributed by atoms with Crippen LogP contribution in [0.3, 0.4) is 0 Å². The Bertz CT molecular complexity index is 926. The van der Waals surface area contributed by atoms with Crippen LogP contribution < -0.4 is 5.43 Å². The maximum Gasteiger partial charge on any atom is 0.240 e. The zero-order valence-electron chi connectivity index (χ0n) is 13.9. The Hall–Kier alpha value is -2.79. The average molecular weight is 350 g/mol. The first-order chi connectivity index (χ1) is 12.1. The molecule has 4 nitrogen and oxygen atoms in total. The van der Waals surface area contributed by atoms with Gasteiger partial charge < -0.3 is 0 Å². The Morgan fingerprint density at radius 3 is 2.64 bits per heavy atom. The molecular formula is C20H18N2O2S. The molecule has 1 heterocycles. The molecule has 0 spiro atoms. The van der Waals surface area contributed by atoms with E-state index in [-0.39, 0.29) is 24.5 Å². The van der Waals surface area contributed by atoms with Gasteiger partial charge >= 0.3 is 0 Å². The average Bonchev–Trinajstić information content (AvgIpc) is 3.04. The summed E-state index contributed by atoms with van der Waals surface area (Å²) in [5.41, 5.74) is 5.19. The standard InChI is InChI=1S/C20H18N2O2S/c1-14-6-8-15(9-7-14)18(23)10-11-20(24)22-21-12-16-13-25-19-5-3-2-4-17(16)19/h2-9,12-13H,10-11H2,1H3,(H,22,24)/b21-12+. The molecule has 5 heteroatoms. The van der Waals surface area contributed by atoms with Gasteiger partial charge in [0.1, 0.15) is 0 Å². The quantitative estimate of drug-likeness (QED) is 0.409. The molecule has 0 fully saturated rings. The van der Waals surface area contributed by atoms with E-state index in [4.69, 9.17) is 0 Å². The third kappa shape index (κ3) is 4.39. The van der Waals surface area contributed by atoms with E-state index in [2.05, 4.69) is 10.5 Å². The smallest absolute Gasteiger partial charge is 0.240 e. The van der Waals surface area contributed by atoms with Crippen molar-refractivity contribution in [2.75, 3.05) is 0 Å². The minimum atomic E-state index is -0.267. The monoisotopic (exact) mass is 350 g/mol. The molecule has 3 aromatic rings. The van der Waals surface area contributed by atoms with Gasteiger partial charge in [-0.25, -0.2) is 5.43 Å². The first-order valence-electron chi connectivity index (χ1n) is 8.01. The molecule has 25 heavy (non-hydrogen) atoms. The van der Waals surface area contributed by atoms with Crippen LogP contribution in [0, 0.1) is 6.92 Å². The number of ketones is 1. The van der Waals surface area contributed by atoms with Crippen LogP contribution in [-0.4, -0.2) is 17.9 Å². The predicted molar refractivity (Wildman–Crippen MR) is 102 cm³/mol. The van der Waals surface area contributed by atoms with Crippen molar-refractivity contribution in [3.05, 3.63) is 70.6 Å². The third-order valence-corrected chi connectivity index (χ3v) is 4.84. The van der Waals surface area contributed by atoms with Crippen molar-refractivity contribution in [1.29, 1.82) is 0 Å². The Morgan fingerprint density at radius 2 is 1.84 bits per heavy atom. The molecular weight excluding hydrogens is 332 g/mol. The van der Waals surface area contributed by atoms with Gasteiger partial charge in [-0.05, 0) is 13.0 Å². The lowest BCUT2D eigenvalue weighted by Crippen LogP contribution is -2.18. The highest BCUT2D eigenvalue weighted by Crippen LogP contribution is 2.24. The Labute approximate surface area is 150 Å². The number of hydrogen-bond acceptors (Lipinski definition) is 4. The van der Waals surface area contributed by atoms with Crippen molar-refractivity contribution in [3.8, 4) is 0 Å². The van der Waals surface area contributed by atoms with Gasteiger partial charge in [-0.2, -0.15) is 5.10 Å². The zero-order chi connectivity index (χ0) is 17.6. The van der Waals surface area contributed by atoms with Crippen molar-refractivity contribution < 1.29 is 9.59 Å². The highest BCUT2D eigenvalue weighted by Gasteiger charge is 2.08. The fourth-order valence-electron chi connectivity index (χ4n) is 2.44. The number of aryl methyl sites for hydroxylation is 1. The number of hydrazone groups is 1. The summed E-state index contributed by atoms with van der Waals surface area (Å²) in [6.07, 6.45) is 1.93. The molecule has 0 saturated carbocycles. The number of Topliss-reactive ketones (excluding diaryl/α,β-unsaturated/α-hetero) is 1. The fraction of sp³-hybridized carbons (Fsp3) is 0.150. The second-order valence-electron chi connectivity index (χ2n) is 5.77. The second-order valence-corrected chi connectivity index (χ2v) is 6.68. The van der Waals surface area contributed by atoms with Crippen molar-refractivity contribution >= 4 is 39.3 Å².